The maximum atomic E-state index is 12.4. The summed E-state index contributed by atoms with van der Waals surface area (Å²) in [7, 11) is 1.66. The van der Waals surface area contributed by atoms with E-state index in [-0.39, 0.29) is 11.8 Å². The number of thiazole rings is 1. The topological polar surface area (TPSA) is 51.2 Å². The van der Waals surface area contributed by atoms with Crippen LogP contribution in [0.2, 0.25) is 0 Å². The Morgan fingerprint density at radius 2 is 1.96 bits per heavy atom. The molecule has 1 amide bonds. The number of nitrogens with one attached hydrogen (secondary N) is 1. The van der Waals surface area contributed by atoms with E-state index >= 15 is 0 Å². The third-order valence-corrected chi connectivity index (χ3v) is 4.69. The van der Waals surface area contributed by atoms with Gasteiger partial charge in [-0.05, 0) is 42.3 Å². The van der Waals surface area contributed by atoms with Gasteiger partial charge in [-0.1, -0.05) is 24.3 Å². The zero-order valence-electron chi connectivity index (χ0n) is 13.3. The van der Waals surface area contributed by atoms with Crippen LogP contribution in [0, 0.1) is 6.92 Å². The summed E-state index contributed by atoms with van der Waals surface area (Å²) < 4.78 is 5.24. The lowest BCUT2D eigenvalue weighted by molar-refractivity contribution is -0.117. The van der Waals surface area contributed by atoms with Gasteiger partial charge in [0.1, 0.15) is 5.75 Å². The minimum absolute atomic E-state index is 0.0489. The van der Waals surface area contributed by atoms with Crippen LogP contribution in [-0.4, -0.2) is 18.0 Å². The van der Waals surface area contributed by atoms with Crippen molar-refractivity contribution in [2.75, 3.05) is 12.4 Å². The number of benzene rings is 2. The van der Waals surface area contributed by atoms with Gasteiger partial charge in [0.25, 0.3) is 0 Å². The van der Waals surface area contributed by atoms with Crippen molar-refractivity contribution in [2.24, 2.45) is 0 Å². The van der Waals surface area contributed by atoms with E-state index in [2.05, 4.69) is 10.3 Å². The first-order valence-corrected chi connectivity index (χ1v) is 8.25. The summed E-state index contributed by atoms with van der Waals surface area (Å²) in [6.45, 7) is 3.81. The molecule has 5 heteroatoms. The molecule has 0 aliphatic heterocycles. The molecule has 1 N–H and O–H groups in total. The van der Waals surface area contributed by atoms with Crippen molar-refractivity contribution >= 4 is 33.1 Å². The maximum Gasteiger partial charge on any atom is 0.233 e. The van der Waals surface area contributed by atoms with Crippen LogP contribution in [0.1, 0.15) is 24.1 Å². The second-order valence-corrected chi connectivity index (χ2v) is 6.34. The number of amides is 1. The number of nitrogens with zero attached hydrogens (tertiary/aromatic N) is 1. The predicted molar refractivity (Wildman–Crippen MR) is 94.4 cm³/mol. The van der Waals surface area contributed by atoms with Gasteiger partial charge in [-0.3, -0.25) is 4.79 Å². The van der Waals surface area contributed by atoms with Crippen LogP contribution in [0.25, 0.3) is 10.8 Å². The first-order chi connectivity index (χ1) is 11.1. The van der Waals surface area contributed by atoms with Crippen molar-refractivity contribution in [3.63, 3.8) is 0 Å². The number of aromatic nitrogens is 1. The normalized spacial score (nSPS) is 12.1. The van der Waals surface area contributed by atoms with E-state index in [1.165, 1.54) is 11.3 Å². The summed E-state index contributed by atoms with van der Waals surface area (Å²) in [5, 5.41) is 7.62. The lowest BCUT2D eigenvalue weighted by atomic mass is 9.97. The lowest BCUT2D eigenvalue weighted by Gasteiger charge is -2.12. The summed E-state index contributed by atoms with van der Waals surface area (Å²) in [6.07, 6.45) is 0. The third-order valence-electron chi connectivity index (χ3n) is 3.81. The van der Waals surface area contributed by atoms with Crippen molar-refractivity contribution in [2.45, 2.75) is 19.8 Å². The molecule has 4 nitrogen and oxygen atoms in total. The summed E-state index contributed by atoms with van der Waals surface area (Å²) in [6, 6.07) is 12.0. The molecular weight excluding hydrogens is 308 g/mol. The molecule has 0 saturated heterocycles. The monoisotopic (exact) mass is 326 g/mol. The molecule has 1 heterocycles. The summed E-state index contributed by atoms with van der Waals surface area (Å²) in [5.74, 6) is 0.535. The van der Waals surface area contributed by atoms with Crippen LogP contribution in [0.15, 0.2) is 41.8 Å². The van der Waals surface area contributed by atoms with Crippen molar-refractivity contribution in [3.8, 4) is 5.75 Å². The van der Waals surface area contributed by atoms with Gasteiger partial charge in [0, 0.05) is 5.38 Å². The molecule has 118 valence electrons. The molecule has 1 atom stereocenters. The lowest BCUT2D eigenvalue weighted by Crippen LogP contribution is -2.18. The van der Waals surface area contributed by atoms with Crippen LogP contribution in [-0.2, 0) is 4.79 Å². The fourth-order valence-electron chi connectivity index (χ4n) is 2.42. The Kier molecular flexibility index (Phi) is 4.30. The molecule has 3 aromatic rings. The molecular formula is C18H18N2O2S. The molecule has 0 unspecified atom stereocenters. The Hall–Kier alpha value is -2.40. The number of fused-ring (bicyclic) bond motifs is 1. The molecule has 0 aliphatic carbocycles. The van der Waals surface area contributed by atoms with Crippen molar-refractivity contribution in [1.82, 2.24) is 4.98 Å². The average molecular weight is 326 g/mol. The smallest absolute Gasteiger partial charge is 0.233 e. The van der Waals surface area contributed by atoms with Crippen LogP contribution in [0.4, 0.5) is 5.13 Å². The minimum atomic E-state index is -0.245. The Morgan fingerprint density at radius 1 is 1.22 bits per heavy atom. The Labute approximate surface area is 139 Å². The van der Waals surface area contributed by atoms with Gasteiger partial charge in [-0.2, -0.15) is 0 Å². The zero-order valence-corrected chi connectivity index (χ0v) is 14.1. The third kappa shape index (κ3) is 3.35. The second-order valence-electron chi connectivity index (χ2n) is 5.48. The fourth-order valence-corrected chi connectivity index (χ4v) is 3.11. The largest absolute Gasteiger partial charge is 0.497 e. The summed E-state index contributed by atoms with van der Waals surface area (Å²) in [4.78, 5) is 16.7. The quantitative estimate of drug-likeness (QED) is 0.775. The number of hydrogen-bond acceptors (Lipinski definition) is 4. The standard InChI is InChI=1S/C18H18N2O2S/c1-11-10-23-18(19-11)20-17(21)12(2)13-4-5-15-9-16(22-3)7-6-14(15)8-13/h4-10,12H,1-3H3,(H,19,20,21)/t12-/m0/s1. The Morgan fingerprint density at radius 3 is 2.65 bits per heavy atom. The number of ether oxygens (including phenoxy) is 1. The van der Waals surface area contributed by atoms with Crippen molar-refractivity contribution < 1.29 is 9.53 Å². The van der Waals surface area contributed by atoms with Crippen molar-refractivity contribution in [1.29, 1.82) is 0 Å². The van der Waals surface area contributed by atoms with Crippen LogP contribution in [0.5, 0.6) is 5.75 Å². The zero-order chi connectivity index (χ0) is 16.4. The highest BCUT2D eigenvalue weighted by molar-refractivity contribution is 7.13. The van der Waals surface area contributed by atoms with Gasteiger partial charge in [0.2, 0.25) is 5.91 Å². The number of carbonyl (C=O) groups excluding carboxylic acids is 1. The Bertz CT molecular complexity index is 857. The van der Waals surface area contributed by atoms with Gasteiger partial charge >= 0.3 is 0 Å². The molecule has 0 fully saturated rings. The van der Waals surface area contributed by atoms with E-state index in [9.17, 15) is 4.79 Å². The van der Waals surface area contributed by atoms with E-state index in [0.717, 1.165) is 27.8 Å². The summed E-state index contributed by atoms with van der Waals surface area (Å²) >= 11 is 1.44. The van der Waals surface area contributed by atoms with Crippen LogP contribution < -0.4 is 10.1 Å². The molecule has 23 heavy (non-hydrogen) atoms. The average Bonchev–Trinajstić information content (AvgIpc) is 2.97. The number of aryl methyl sites for hydroxylation is 1. The highest BCUT2D eigenvalue weighted by Gasteiger charge is 2.17. The van der Waals surface area contributed by atoms with Gasteiger partial charge in [-0.25, -0.2) is 4.98 Å². The summed E-state index contributed by atoms with van der Waals surface area (Å²) in [5.41, 5.74) is 1.89. The second kappa shape index (κ2) is 6.38. The number of carbonyl (C=O) groups is 1. The highest BCUT2D eigenvalue weighted by Crippen LogP contribution is 2.26. The number of anilines is 1. The molecule has 3 rings (SSSR count). The molecule has 0 saturated carbocycles. The van der Waals surface area contributed by atoms with Gasteiger partial charge in [0.15, 0.2) is 5.13 Å². The van der Waals surface area contributed by atoms with Crippen molar-refractivity contribution in [3.05, 3.63) is 53.0 Å². The number of rotatable bonds is 4. The Balaban J connectivity index is 1.82. The van der Waals surface area contributed by atoms with Gasteiger partial charge < -0.3 is 10.1 Å². The van der Waals surface area contributed by atoms with Gasteiger partial charge in [0.05, 0.1) is 18.7 Å². The molecule has 0 spiro atoms. The van der Waals surface area contributed by atoms with Gasteiger partial charge in [-0.15, -0.1) is 11.3 Å². The van der Waals surface area contributed by atoms with Crippen LogP contribution in [0.3, 0.4) is 0 Å². The van der Waals surface area contributed by atoms with E-state index < -0.39 is 0 Å². The first kappa shape index (κ1) is 15.5. The first-order valence-electron chi connectivity index (χ1n) is 7.37. The van der Waals surface area contributed by atoms with Crippen LogP contribution >= 0.6 is 11.3 Å². The number of hydrogen-bond donors (Lipinski definition) is 1. The minimum Gasteiger partial charge on any atom is -0.497 e. The highest BCUT2D eigenvalue weighted by atomic mass is 32.1. The fraction of sp³-hybridized carbons (Fsp3) is 0.222. The predicted octanol–water partition coefficient (Wildman–Crippen LogP) is 4.36. The number of methoxy groups -OCH3 is 1. The SMILES string of the molecule is COc1ccc2cc([C@H](C)C(=O)Nc3nc(C)cs3)ccc2c1. The van der Waals surface area contributed by atoms with E-state index in [4.69, 9.17) is 4.74 Å². The van der Waals surface area contributed by atoms with E-state index in [0.29, 0.717) is 5.13 Å². The van der Waals surface area contributed by atoms with E-state index in [1.807, 2.05) is 55.6 Å². The molecule has 2 aromatic carbocycles. The maximum absolute atomic E-state index is 12.4. The molecule has 0 bridgehead atoms. The molecule has 0 aliphatic rings. The molecule has 1 aromatic heterocycles. The molecule has 0 radical (unpaired) electrons. The van der Waals surface area contributed by atoms with E-state index in [1.54, 1.807) is 7.11 Å².